The quantitative estimate of drug-likeness (QED) is 0.764. The highest BCUT2D eigenvalue weighted by atomic mass is 32.2. The summed E-state index contributed by atoms with van der Waals surface area (Å²) in [5.74, 6) is 1.77. The largest absolute Gasteiger partial charge is 0.423 e. The molecule has 0 aromatic carbocycles. The molecule has 3 rings (SSSR count). The number of rotatable bonds is 2. The first-order chi connectivity index (χ1) is 8.34. The third-order valence-electron chi connectivity index (χ3n) is 2.73. The van der Waals surface area contributed by atoms with Gasteiger partial charge in [0.2, 0.25) is 0 Å². The molecule has 0 saturated heterocycles. The first-order valence-electron chi connectivity index (χ1n) is 5.29. The number of ether oxygens (including phenoxy) is 1. The van der Waals surface area contributed by atoms with Crippen LogP contribution in [0.2, 0.25) is 0 Å². The summed E-state index contributed by atoms with van der Waals surface area (Å²) in [6.45, 7) is 0. The molecule has 0 fully saturated rings. The van der Waals surface area contributed by atoms with Gasteiger partial charge in [-0.15, -0.1) is 11.8 Å². The van der Waals surface area contributed by atoms with Crippen molar-refractivity contribution in [1.82, 2.24) is 0 Å². The Balaban J connectivity index is 2.05. The van der Waals surface area contributed by atoms with Gasteiger partial charge in [-0.3, -0.25) is 0 Å². The Labute approximate surface area is 108 Å². The molecule has 17 heavy (non-hydrogen) atoms. The summed E-state index contributed by atoms with van der Waals surface area (Å²) in [6.07, 6.45) is 5.42. The van der Waals surface area contributed by atoms with Crippen LogP contribution in [0.4, 0.5) is 0 Å². The molecule has 0 bridgehead atoms. The Hall–Kier alpha value is -1.26. The van der Waals surface area contributed by atoms with Crippen LogP contribution < -0.4 is 0 Å². The number of carbonyl (C=O) groups excluding carboxylic acids is 1. The number of allylic oxidation sites excluding steroid dienone is 3. The molecule has 1 aromatic heterocycles. The number of hydrogen-bond acceptors (Lipinski definition) is 4. The second-order valence-corrected chi connectivity index (χ2v) is 5.53. The molecule has 2 nitrogen and oxygen atoms in total. The van der Waals surface area contributed by atoms with Crippen LogP contribution in [0.25, 0.3) is 5.57 Å². The Morgan fingerprint density at radius 2 is 2.35 bits per heavy atom. The van der Waals surface area contributed by atoms with Gasteiger partial charge >= 0.3 is 5.97 Å². The number of thiophene rings is 1. The van der Waals surface area contributed by atoms with Crippen molar-refractivity contribution >= 4 is 34.6 Å². The Kier molecular flexibility index (Phi) is 2.91. The van der Waals surface area contributed by atoms with Gasteiger partial charge in [0, 0.05) is 23.3 Å². The summed E-state index contributed by atoms with van der Waals surface area (Å²) in [5, 5.41) is 6.25. The molecule has 3 heterocycles. The van der Waals surface area contributed by atoms with Crippen molar-refractivity contribution in [3.05, 3.63) is 51.8 Å². The zero-order chi connectivity index (χ0) is 11.7. The molecule has 1 unspecified atom stereocenters. The van der Waals surface area contributed by atoms with Gasteiger partial charge in [-0.2, -0.15) is 11.3 Å². The lowest BCUT2D eigenvalue weighted by atomic mass is 9.94. The number of thioether (sulfide) groups is 1. The van der Waals surface area contributed by atoms with E-state index in [0.717, 1.165) is 16.9 Å². The monoisotopic (exact) mass is 262 g/mol. The average Bonchev–Trinajstić information content (AvgIpc) is 3.02. The summed E-state index contributed by atoms with van der Waals surface area (Å²) in [4.78, 5) is 11.2. The molecule has 0 radical (unpaired) electrons. The van der Waals surface area contributed by atoms with E-state index >= 15 is 0 Å². The molecular weight excluding hydrogens is 252 g/mol. The molecule has 2 aliphatic rings. The smallest absolute Gasteiger partial charge is 0.336 e. The highest BCUT2D eigenvalue weighted by molar-refractivity contribution is 8.02. The lowest BCUT2D eigenvalue weighted by Crippen LogP contribution is -2.04. The van der Waals surface area contributed by atoms with Gasteiger partial charge < -0.3 is 4.74 Å². The maximum Gasteiger partial charge on any atom is 0.336 e. The summed E-state index contributed by atoms with van der Waals surface area (Å²) < 4.78 is 5.25. The number of cyclic esters (lactones) is 1. The Morgan fingerprint density at radius 1 is 1.41 bits per heavy atom. The highest BCUT2D eigenvalue weighted by Crippen LogP contribution is 2.37. The molecule has 4 heteroatoms. The Bertz CT molecular complexity index is 524. The molecule has 86 valence electrons. The molecule has 0 amide bonds. The number of hydrogen-bond donors (Lipinski definition) is 0. The molecule has 0 N–H and O–H groups in total. The van der Waals surface area contributed by atoms with E-state index in [2.05, 4.69) is 22.9 Å². The summed E-state index contributed by atoms with van der Waals surface area (Å²) in [5.41, 5.74) is 2.27. The molecule has 0 saturated carbocycles. The molecular formula is C13H10O2S2. The Morgan fingerprint density at radius 3 is 2.94 bits per heavy atom. The van der Waals surface area contributed by atoms with Crippen LogP contribution in [-0.4, -0.2) is 11.7 Å². The van der Waals surface area contributed by atoms with Crippen molar-refractivity contribution in [2.75, 3.05) is 5.75 Å². The third-order valence-corrected chi connectivity index (χ3v) is 4.32. The van der Waals surface area contributed by atoms with Gasteiger partial charge in [0.05, 0.1) is 0 Å². The fraction of sp³-hybridized carbons (Fsp3) is 0.154. The van der Waals surface area contributed by atoms with E-state index in [-0.39, 0.29) is 5.97 Å². The van der Waals surface area contributed by atoms with E-state index in [9.17, 15) is 4.79 Å². The minimum absolute atomic E-state index is 0.276. The van der Waals surface area contributed by atoms with Gasteiger partial charge in [0.1, 0.15) is 5.76 Å². The van der Waals surface area contributed by atoms with Crippen LogP contribution in [0.3, 0.4) is 0 Å². The molecule has 0 spiro atoms. The van der Waals surface area contributed by atoms with Gasteiger partial charge in [-0.1, -0.05) is 6.08 Å². The van der Waals surface area contributed by atoms with E-state index in [1.54, 1.807) is 29.2 Å². The van der Waals surface area contributed by atoms with Gasteiger partial charge in [-0.25, -0.2) is 4.79 Å². The van der Waals surface area contributed by atoms with Gasteiger partial charge in [0.15, 0.2) is 0 Å². The van der Waals surface area contributed by atoms with Crippen molar-refractivity contribution in [3.63, 3.8) is 0 Å². The summed E-state index contributed by atoms with van der Waals surface area (Å²) in [6, 6.07) is 2.07. The van der Waals surface area contributed by atoms with Crippen LogP contribution in [-0.2, 0) is 9.53 Å². The fourth-order valence-electron chi connectivity index (χ4n) is 1.97. The van der Waals surface area contributed by atoms with Crippen molar-refractivity contribution < 1.29 is 9.53 Å². The summed E-state index contributed by atoms with van der Waals surface area (Å²) in [7, 11) is 0. The second kappa shape index (κ2) is 4.55. The molecule has 1 aromatic rings. The SMILES string of the molecule is O=C1C=C/C(=C(/c2ccsc2)C2C=CSC2)O1. The van der Waals surface area contributed by atoms with E-state index in [1.165, 1.54) is 6.08 Å². The van der Waals surface area contributed by atoms with E-state index in [4.69, 9.17) is 4.74 Å². The predicted molar refractivity (Wildman–Crippen MR) is 71.6 cm³/mol. The molecule has 1 atom stereocenters. The maximum atomic E-state index is 11.2. The van der Waals surface area contributed by atoms with Crippen molar-refractivity contribution in [2.45, 2.75) is 0 Å². The van der Waals surface area contributed by atoms with Gasteiger partial charge in [0.25, 0.3) is 0 Å². The van der Waals surface area contributed by atoms with Crippen molar-refractivity contribution in [3.8, 4) is 0 Å². The van der Waals surface area contributed by atoms with Crippen LogP contribution in [0.1, 0.15) is 5.56 Å². The highest BCUT2D eigenvalue weighted by Gasteiger charge is 2.24. The zero-order valence-corrected chi connectivity index (χ0v) is 10.6. The lowest BCUT2D eigenvalue weighted by Gasteiger charge is -2.13. The van der Waals surface area contributed by atoms with Crippen LogP contribution in [0, 0.1) is 5.92 Å². The summed E-state index contributed by atoms with van der Waals surface area (Å²) >= 11 is 3.45. The van der Waals surface area contributed by atoms with Crippen molar-refractivity contribution in [1.29, 1.82) is 0 Å². The van der Waals surface area contributed by atoms with Crippen LogP contribution in [0.5, 0.6) is 0 Å². The third kappa shape index (κ3) is 2.10. The van der Waals surface area contributed by atoms with E-state index in [0.29, 0.717) is 11.7 Å². The maximum absolute atomic E-state index is 11.2. The topological polar surface area (TPSA) is 26.3 Å². The zero-order valence-electron chi connectivity index (χ0n) is 8.96. The lowest BCUT2D eigenvalue weighted by molar-refractivity contribution is -0.132. The first-order valence-corrected chi connectivity index (χ1v) is 7.28. The van der Waals surface area contributed by atoms with Crippen LogP contribution in [0.15, 0.2) is 46.2 Å². The minimum Gasteiger partial charge on any atom is -0.423 e. The molecule has 2 aliphatic heterocycles. The number of esters is 1. The first kappa shape index (κ1) is 10.9. The minimum atomic E-state index is -0.276. The number of carbonyl (C=O) groups is 1. The average molecular weight is 262 g/mol. The van der Waals surface area contributed by atoms with E-state index < -0.39 is 0 Å². The van der Waals surface area contributed by atoms with Crippen molar-refractivity contribution in [2.24, 2.45) is 5.92 Å². The van der Waals surface area contributed by atoms with E-state index in [1.807, 2.05) is 5.38 Å². The standard InChI is InChI=1S/C13H10O2S2/c14-12-2-1-11(15-12)13(9-3-5-16-7-9)10-4-6-17-8-10/h1-7,10H,8H2/b13-11+. The fourth-order valence-corrected chi connectivity index (χ4v) is 3.52. The van der Waals surface area contributed by atoms with Gasteiger partial charge in [-0.05, 0) is 33.9 Å². The molecule has 0 aliphatic carbocycles. The normalized spacial score (nSPS) is 25.4. The van der Waals surface area contributed by atoms with Crippen LogP contribution >= 0.6 is 23.1 Å². The second-order valence-electron chi connectivity index (χ2n) is 3.81. The predicted octanol–water partition coefficient (Wildman–Crippen LogP) is 3.45.